The maximum Gasteiger partial charge on any atom is 0.373 e. The predicted octanol–water partition coefficient (Wildman–Crippen LogP) is 3.07. The summed E-state index contributed by atoms with van der Waals surface area (Å²) in [5.41, 5.74) is 0.173. The molecule has 2 heterocycles. The first-order valence-electron chi connectivity index (χ1n) is 7.35. The fourth-order valence-electron chi connectivity index (χ4n) is 2.48. The highest BCUT2D eigenvalue weighted by Gasteiger charge is 2.19. The molecule has 0 aliphatic rings. The molecular weight excluding hydrogens is 328 g/mol. The summed E-state index contributed by atoms with van der Waals surface area (Å²) in [5, 5.41) is 0.299. The zero-order valence-corrected chi connectivity index (χ0v) is 13.7. The topological polar surface area (TPSA) is 96.0 Å². The minimum atomic E-state index is -0.639. The molecule has 25 heavy (non-hydrogen) atoms. The van der Waals surface area contributed by atoms with Gasteiger partial charge in [0, 0.05) is 13.0 Å². The second kappa shape index (κ2) is 6.27. The van der Waals surface area contributed by atoms with Crippen molar-refractivity contribution in [1.82, 2.24) is 0 Å². The molecule has 0 unspecified atom stereocenters. The van der Waals surface area contributed by atoms with Gasteiger partial charge in [-0.1, -0.05) is 0 Å². The summed E-state index contributed by atoms with van der Waals surface area (Å²) in [6.45, 7) is 2.89. The van der Waals surface area contributed by atoms with Crippen LogP contribution in [0.1, 0.15) is 23.2 Å². The lowest BCUT2D eigenvalue weighted by Gasteiger charge is -2.06. The van der Waals surface area contributed by atoms with Gasteiger partial charge in [0.25, 0.3) is 0 Å². The molecule has 0 amide bonds. The predicted molar refractivity (Wildman–Crippen MR) is 87.6 cm³/mol. The summed E-state index contributed by atoms with van der Waals surface area (Å²) >= 11 is 0. The van der Waals surface area contributed by atoms with Gasteiger partial charge in [-0.3, -0.25) is 9.59 Å². The number of methoxy groups -OCH3 is 1. The van der Waals surface area contributed by atoms with Crippen LogP contribution >= 0.6 is 0 Å². The van der Waals surface area contributed by atoms with Crippen LogP contribution in [0.5, 0.6) is 5.75 Å². The molecule has 128 valence electrons. The Bertz CT molecular complexity index is 1040. The summed E-state index contributed by atoms with van der Waals surface area (Å²) in [6, 6.07) is 7.41. The van der Waals surface area contributed by atoms with Gasteiger partial charge in [-0.05, 0) is 31.2 Å². The first-order chi connectivity index (χ1) is 11.9. The van der Waals surface area contributed by atoms with Crippen molar-refractivity contribution in [1.29, 1.82) is 0 Å². The van der Waals surface area contributed by atoms with Gasteiger partial charge in [0.05, 0.1) is 12.5 Å². The van der Waals surface area contributed by atoms with E-state index in [-0.39, 0.29) is 33.8 Å². The molecule has 0 spiro atoms. The van der Waals surface area contributed by atoms with E-state index in [0.717, 1.165) is 0 Å². The van der Waals surface area contributed by atoms with Crippen LogP contribution in [0.15, 0.2) is 44.0 Å². The molecule has 2 aromatic heterocycles. The Labute approximate surface area is 141 Å². The average molecular weight is 342 g/mol. The number of rotatable bonds is 3. The maximum absolute atomic E-state index is 12.8. The molecule has 3 rings (SSSR count). The van der Waals surface area contributed by atoms with E-state index in [1.165, 1.54) is 44.4 Å². The average Bonchev–Trinajstić information content (AvgIpc) is 3.02. The summed E-state index contributed by atoms with van der Waals surface area (Å²) in [7, 11) is 1.24. The van der Waals surface area contributed by atoms with Crippen molar-refractivity contribution >= 4 is 22.9 Å². The van der Waals surface area contributed by atoms with Gasteiger partial charge in [0.2, 0.25) is 11.2 Å². The van der Waals surface area contributed by atoms with E-state index >= 15 is 0 Å². The van der Waals surface area contributed by atoms with Gasteiger partial charge in [0.15, 0.2) is 0 Å². The second-order valence-corrected chi connectivity index (χ2v) is 5.27. The number of carbonyl (C=O) groups is 2. The fraction of sp³-hybridized carbons (Fsp3) is 0.167. The van der Waals surface area contributed by atoms with Crippen LogP contribution in [0.25, 0.3) is 22.3 Å². The lowest BCUT2D eigenvalue weighted by Crippen LogP contribution is -2.08. The van der Waals surface area contributed by atoms with Crippen molar-refractivity contribution in [3.8, 4) is 17.1 Å². The number of hydrogen-bond acceptors (Lipinski definition) is 7. The third kappa shape index (κ3) is 3.03. The van der Waals surface area contributed by atoms with Gasteiger partial charge in [-0.25, -0.2) is 4.79 Å². The maximum atomic E-state index is 12.8. The second-order valence-electron chi connectivity index (χ2n) is 5.27. The van der Waals surface area contributed by atoms with Crippen LogP contribution < -0.4 is 10.2 Å². The molecule has 0 aliphatic carbocycles. The first kappa shape index (κ1) is 16.5. The highest BCUT2D eigenvalue weighted by Crippen LogP contribution is 2.27. The molecule has 0 fully saturated rings. The Balaban J connectivity index is 2.14. The lowest BCUT2D eigenvalue weighted by atomic mass is 10.1. The molecule has 0 bridgehead atoms. The standard InChI is InChI=1S/C18H14O7/c1-9-16(13-6-7-14(25-13)18(21)22-3)17(20)12-5-4-11(24-10(2)19)8-15(12)23-9/h4-8H,1-3H3. The molecule has 1 aromatic carbocycles. The number of ether oxygens (including phenoxy) is 2. The van der Waals surface area contributed by atoms with E-state index in [1.807, 2.05) is 0 Å². The van der Waals surface area contributed by atoms with Crippen LogP contribution in [-0.4, -0.2) is 19.0 Å². The first-order valence-corrected chi connectivity index (χ1v) is 7.35. The van der Waals surface area contributed by atoms with E-state index in [2.05, 4.69) is 4.74 Å². The SMILES string of the molecule is COC(=O)c1ccc(-c2c(C)oc3cc(OC(C)=O)ccc3c2=O)o1. The van der Waals surface area contributed by atoms with Crippen molar-refractivity contribution < 1.29 is 27.9 Å². The molecule has 0 saturated carbocycles. The minimum absolute atomic E-state index is 0.0124. The van der Waals surface area contributed by atoms with Crippen LogP contribution in [-0.2, 0) is 9.53 Å². The summed E-state index contributed by atoms with van der Waals surface area (Å²) in [5.74, 6) is -0.329. The van der Waals surface area contributed by atoms with Crippen molar-refractivity contribution in [2.45, 2.75) is 13.8 Å². The van der Waals surface area contributed by atoms with Crippen molar-refractivity contribution in [2.24, 2.45) is 0 Å². The normalized spacial score (nSPS) is 10.7. The number of benzene rings is 1. The van der Waals surface area contributed by atoms with E-state index in [9.17, 15) is 14.4 Å². The zero-order valence-electron chi connectivity index (χ0n) is 13.7. The number of aryl methyl sites for hydroxylation is 1. The monoisotopic (exact) mass is 342 g/mol. The van der Waals surface area contributed by atoms with Crippen LogP contribution in [0.2, 0.25) is 0 Å². The molecular formula is C18H14O7. The van der Waals surface area contributed by atoms with Crippen molar-refractivity contribution in [3.63, 3.8) is 0 Å². The number of carbonyl (C=O) groups excluding carboxylic acids is 2. The molecule has 7 nitrogen and oxygen atoms in total. The van der Waals surface area contributed by atoms with Crippen LogP contribution in [0.3, 0.4) is 0 Å². The Morgan fingerprint density at radius 1 is 1.08 bits per heavy atom. The smallest absolute Gasteiger partial charge is 0.373 e. The van der Waals surface area contributed by atoms with E-state index in [4.69, 9.17) is 13.6 Å². The van der Waals surface area contributed by atoms with E-state index < -0.39 is 11.9 Å². The molecule has 0 aliphatic heterocycles. The van der Waals surface area contributed by atoms with Gasteiger partial charge < -0.3 is 18.3 Å². The number of fused-ring (bicyclic) bond motifs is 1. The van der Waals surface area contributed by atoms with Crippen LogP contribution in [0, 0.1) is 6.92 Å². The van der Waals surface area contributed by atoms with Crippen LogP contribution in [0.4, 0.5) is 0 Å². The van der Waals surface area contributed by atoms with Gasteiger partial charge in [0.1, 0.15) is 28.4 Å². The zero-order chi connectivity index (χ0) is 18.1. The van der Waals surface area contributed by atoms with Gasteiger partial charge >= 0.3 is 11.9 Å². The minimum Gasteiger partial charge on any atom is -0.463 e. The highest BCUT2D eigenvalue weighted by atomic mass is 16.5. The number of esters is 2. The van der Waals surface area contributed by atoms with E-state index in [1.54, 1.807) is 6.92 Å². The third-order valence-corrected chi connectivity index (χ3v) is 3.54. The Morgan fingerprint density at radius 3 is 2.52 bits per heavy atom. The van der Waals surface area contributed by atoms with Crippen molar-refractivity contribution in [3.05, 3.63) is 52.1 Å². The molecule has 7 heteroatoms. The summed E-state index contributed by atoms with van der Waals surface area (Å²) < 4.78 is 20.7. The fourth-order valence-corrected chi connectivity index (χ4v) is 2.48. The third-order valence-electron chi connectivity index (χ3n) is 3.54. The quantitative estimate of drug-likeness (QED) is 0.533. The molecule has 3 aromatic rings. The Kier molecular flexibility index (Phi) is 4.14. The van der Waals surface area contributed by atoms with Gasteiger partial charge in [-0.15, -0.1) is 0 Å². The Hall–Kier alpha value is -3.35. The largest absolute Gasteiger partial charge is 0.463 e. The lowest BCUT2D eigenvalue weighted by molar-refractivity contribution is -0.131. The number of hydrogen-bond donors (Lipinski definition) is 0. The molecule has 0 N–H and O–H groups in total. The highest BCUT2D eigenvalue weighted by molar-refractivity contribution is 5.88. The molecule has 0 atom stereocenters. The molecule has 0 saturated heterocycles. The van der Waals surface area contributed by atoms with Gasteiger partial charge in [-0.2, -0.15) is 0 Å². The van der Waals surface area contributed by atoms with E-state index in [0.29, 0.717) is 11.1 Å². The summed E-state index contributed by atoms with van der Waals surface area (Å²) in [6.07, 6.45) is 0. The van der Waals surface area contributed by atoms with Crippen molar-refractivity contribution in [2.75, 3.05) is 7.11 Å². The summed E-state index contributed by atoms with van der Waals surface area (Å²) in [4.78, 5) is 35.3. The molecule has 0 radical (unpaired) electrons. The Morgan fingerprint density at radius 2 is 1.84 bits per heavy atom. The number of furan rings is 1.